The number of hydrogen-bond acceptors (Lipinski definition) is 2. The zero-order valence-corrected chi connectivity index (χ0v) is 27.3. The van der Waals surface area contributed by atoms with E-state index in [1.165, 1.54) is 33.0 Å². The minimum atomic E-state index is -0.215. The van der Waals surface area contributed by atoms with Gasteiger partial charge in [-0.1, -0.05) is 117 Å². The maximum atomic E-state index is 5.19. The molecule has 0 unspecified atom stereocenters. The van der Waals surface area contributed by atoms with Crippen LogP contribution in [0.2, 0.25) is 0 Å². The molecule has 0 saturated carbocycles. The summed E-state index contributed by atoms with van der Waals surface area (Å²) in [6.07, 6.45) is 4.24. The summed E-state index contributed by atoms with van der Waals surface area (Å²) in [6.45, 7) is 4.72. The second-order valence-electron chi connectivity index (χ2n) is 13.5. The molecule has 0 fully saturated rings. The van der Waals surface area contributed by atoms with E-state index in [9.17, 15) is 0 Å². The van der Waals surface area contributed by atoms with Crippen LogP contribution in [0.3, 0.4) is 0 Å². The molecule has 4 nitrogen and oxygen atoms in total. The number of nitrogens with zero attached hydrogens (tertiary/aromatic N) is 4. The molecule has 232 valence electrons. The first-order valence-electron chi connectivity index (χ1n) is 16.8. The van der Waals surface area contributed by atoms with Gasteiger partial charge in [0.1, 0.15) is 11.3 Å². The minimum Gasteiger partial charge on any atom is -0.299 e. The summed E-state index contributed by atoms with van der Waals surface area (Å²) in [4.78, 5) is 10.3. The second-order valence-corrected chi connectivity index (χ2v) is 13.5. The summed E-state index contributed by atoms with van der Waals surface area (Å²) in [5, 5.41) is 2.44. The number of hydrogen-bond donors (Lipinski definition) is 0. The molecular formula is C45H32N4. The van der Waals surface area contributed by atoms with Crippen molar-refractivity contribution in [2.75, 3.05) is 0 Å². The van der Waals surface area contributed by atoms with Crippen molar-refractivity contribution < 1.29 is 0 Å². The van der Waals surface area contributed by atoms with E-state index in [1.807, 2.05) is 0 Å². The van der Waals surface area contributed by atoms with E-state index < -0.39 is 0 Å². The van der Waals surface area contributed by atoms with Gasteiger partial charge in [0.05, 0.1) is 22.8 Å². The van der Waals surface area contributed by atoms with E-state index in [-0.39, 0.29) is 5.41 Å². The van der Waals surface area contributed by atoms with Gasteiger partial charge in [-0.05, 0) is 75.5 Å². The average Bonchev–Trinajstić information content (AvgIpc) is 3.80. The lowest BCUT2D eigenvalue weighted by molar-refractivity contribution is 0.661. The number of fused-ring (bicyclic) bond motifs is 6. The predicted molar refractivity (Wildman–Crippen MR) is 201 cm³/mol. The van der Waals surface area contributed by atoms with E-state index >= 15 is 0 Å². The van der Waals surface area contributed by atoms with Crippen molar-refractivity contribution >= 4 is 22.1 Å². The Morgan fingerprint density at radius 3 is 1.55 bits per heavy atom. The molecular weight excluding hydrogens is 597 g/mol. The van der Waals surface area contributed by atoms with Crippen LogP contribution in [0.1, 0.15) is 25.0 Å². The molecule has 4 aromatic heterocycles. The maximum absolute atomic E-state index is 5.19. The van der Waals surface area contributed by atoms with Crippen molar-refractivity contribution in [1.82, 2.24) is 18.8 Å². The quantitative estimate of drug-likeness (QED) is 0.194. The lowest BCUT2D eigenvalue weighted by atomic mass is 9.81. The Labute approximate surface area is 284 Å². The molecule has 9 aromatic rings. The molecule has 4 heteroatoms. The zero-order chi connectivity index (χ0) is 32.7. The van der Waals surface area contributed by atoms with Crippen LogP contribution in [0.25, 0.3) is 78.2 Å². The molecule has 0 bridgehead atoms. The normalized spacial score (nSPS) is 13.3. The molecule has 0 amide bonds. The smallest absolute Gasteiger partial charge is 0.137 e. The molecule has 0 atom stereocenters. The van der Waals surface area contributed by atoms with E-state index in [2.05, 4.69) is 181 Å². The largest absolute Gasteiger partial charge is 0.299 e. The SMILES string of the molecule is CC1(C)c2cc(-c3c(-c4ccccc4)nc4ccccn34)ccc2-c2ccc(-c3c(-c4ccc5ccccc5c4)nc4ccccn34)cc21. The van der Waals surface area contributed by atoms with Gasteiger partial charge in [0.25, 0.3) is 0 Å². The number of benzene rings is 5. The average molecular weight is 629 g/mol. The van der Waals surface area contributed by atoms with Crippen LogP contribution >= 0.6 is 0 Å². The van der Waals surface area contributed by atoms with Gasteiger partial charge in [0.15, 0.2) is 0 Å². The standard InChI is InChI=1S/C45H32N4/c1-45(2)37-27-33(43-41(30-13-4-3-5-14-30)46-39-16-8-10-24-48(39)43)20-22-35(37)36-23-21-34(28-38(36)45)44-42(47-40-17-9-11-25-49(40)44)32-19-18-29-12-6-7-15-31(29)26-32/h3-28H,1-2H3. The van der Waals surface area contributed by atoms with Crippen LogP contribution in [-0.2, 0) is 5.41 Å². The first-order chi connectivity index (χ1) is 24.0. The van der Waals surface area contributed by atoms with Crippen LogP contribution in [0, 0.1) is 0 Å². The second kappa shape index (κ2) is 10.4. The number of rotatable bonds is 4. The van der Waals surface area contributed by atoms with Crippen LogP contribution in [0.4, 0.5) is 0 Å². The highest BCUT2D eigenvalue weighted by Gasteiger charge is 2.36. The topological polar surface area (TPSA) is 34.6 Å². The Bertz CT molecular complexity index is 2750. The van der Waals surface area contributed by atoms with E-state index in [0.29, 0.717) is 0 Å². The van der Waals surface area contributed by atoms with E-state index in [1.54, 1.807) is 0 Å². The van der Waals surface area contributed by atoms with E-state index in [4.69, 9.17) is 9.97 Å². The number of pyridine rings is 2. The molecule has 1 aliphatic carbocycles. The highest BCUT2D eigenvalue weighted by atomic mass is 15.0. The summed E-state index contributed by atoms with van der Waals surface area (Å²) in [6, 6.07) is 52.1. The Balaban J connectivity index is 1.13. The van der Waals surface area contributed by atoms with Crippen LogP contribution < -0.4 is 0 Å². The van der Waals surface area contributed by atoms with Gasteiger partial charge in [-0.2, -0.15) is 0 Å². The van der Waals surface area contributed by atoms with Gasteiger partial charge < -0.3 is 0 Å². The number of aromatic nitrogens is 4. The van der Waals surface area contributed by atoms with Gasteiger partial charge in [0, 0.05) is 40.1 Å². The molecule has 0 radical (unpaired) electrons. The molecule has 0 saturated heterocycles. The summed E-state index contributed by atoms with van der Waals surface area (Å²) in [5.74, 6) is 0. The lowest BCUT2D eigenvalue weighted by Gasteiger charge is -2.23. The third-order valence-electron chi connectivity index (χ3n) is 10.4. The first kappa shape index (κ1) is 27.8. The van der Waals surface area contributed by atoms with Crippen molar-refractivity contribution in [1.29, 1.82) is 0 Å². The molecule has 0 spiro atoms. The van der Waals surface area contributed by atoms with Gasteiger partial charge >= 0.3 is 0 Å². The lowest BCUT2D eigenvalue weighted by Crippen LogP contribution is -2.15. The van der Waals surface area contributed by atoms with Crippen molar-refractivity contribution in [3.8, 4) is 56.2 Å². The third kappa shape index (κ3) is 4.17. The van der Waals surface area contributed by atoms with Gasteiger partial charge in [0.2, 0.25) is 0 Å². The van der Waals surface area contributed by atoms with Crippen LogP contribution in [0.5, 0.6) is 0 Å². The summed E-state index contributed by atoms with van der Waals surface area (Å²) >= 11 is 0. The molecule has 0 aliphatic heterocycles. The summed E-state index contributed by atoms with van der Waals surface area (Å²) in [7, 11) is 0. The zero-order valence-electron chi connectivity index (χ0n) is 27.3. The maximum Gasteiger partial charge on any atom is 0.137 e. The molecule has 4 heterocycles. The monoisotopic (exact) mass is 628 g/mol. The van der Waals surface area contributed by atoms with Crippen LogP contribution in [0.15, 0.2) is 158 Å². The highest BCUT2D eigenvalue weighted by Crippen LogP contribution is 2.51. The Hall–Kier alpha value is -6.26. The summed E-state index contributed by atoms with van der Waals surface area (Å²) < 4.78 is 4.45. The van der Waals surface area contributed by atoms with Gasteiger partial charge in [-0.3, -0.25) is 8.80 Å². The fraction of sp³-hybridized carbons (Fsp3) is 0.0667. The minimum absolute atomic E-state index is 0.215. The van der Waals surface area contributed by atoms with Gasteiger partial charge in [-0.25, -0.2) is 9.97 Å². The fourth-order valence-corrected chi connectivity index (χ4v) is 7.91. The predicted octanol–water partition coefficient (Wildman–Crippen LogP) is 11.1. The molecule has 5 aromatic carbocycles. The van der Waals surface area contributed by atoms with E-state index in [0.717, 1.165) is 56.3 Å². The molecule has 0 N–H and O–H groups in total. The Morgan fingerprint density at radius 1 is 0.429 bits per heavy atom. The highest BCUT2D eigenvalue weighted by molar-refractivity contribution is 5.93. The fourth-order valence-electron chi connectivity index (χ4n) is 7.91. The Morgan fingerprint density at radius 2 is 0.939 bits per heavy atom. The molecule has 10 rings (SSSR count). The Kier molecular flexibility index (Phi) is 5.89. The molecule has 1 aliphatic rings. The van der Waals surface area contributed by atoms with Gasteiger partial charge in [-0.15, -0.1) is 0 Å². The van der Waals surface area contributed by atoms with Crippen LogP contribution in [-0.4, -0.2) is 18.8 Å². The van der Waals surface area contributed by atoms with Crippen molar-refractivity contribution in [2.24, 2.45) is 0 Å². The molecule has 49 heavy (non-hydrogen) atoms. The number of imidazole rings is 2. The van der Waals surface area contributed by atoms with Crippen molar-refractivity contribution in [3.63, 3.8) is 0 Å². The van der Waals surface area contributed by atoms with Crippen molar-refractivity contribution in [2.45, 2.75) is 19.3 Å². The first-order valence-corrected chi connectivity index (χ1v) is 16.8. The summed E-state index contributed by atoms with van der Waals surface area (Å²) in [5.41, 5.74) is 15.7. The van der Waals surface area contributed by atoms with Crippen molar-refractivity contribution in [3.05, 3.63) is 169 Å². The third-order valence-corrected chi connectivity index (χ3v) is 10.4.